The molecular weight excluding hydrogens is 312 g/mol. The maximum Gasteiger partial charge on any atom is 0.305 e. The number of aryl methyl sites for hydroxylation is 2. The molecule has 1 aromatic heterocycles. The van der Waals surface area contributed by atoms with E-state index in [0.29, 0.717) is 10.4 Å². The fourth-order valence-corrected chi connectivity index (χ4v) is 4.82. The first-order valence-electron chi connectivity index (χ1n) is 5.58. The lowest BCUT2D eigenvalue weighted by Crippen LogP contribution is -2.52. The van der Waals surface area contributed by atoms with Gasteiger partial charge in [-0.15, -0.1) is 11.3 Å². The fourth-order valence-electron chi connectivity index (χ4n) is 1.79. The molecule has 114 valence electrons. The Morgan fingerprint density at radius 1 is 1.50 bits per heavy atom. The Morgan fingerprint density at radius 2 is 2.05 bits per heavy atom. The summed E-state index contributed by atoms with van der Waals surface area (Å²) in [5, 5.41) is 10.3. The molecule has 1 aromatic rings. The Labute approximate surface area is 119 Å². The number of alkyl halides is 2. The van der Waals surface area contributed by atoms with Gasteiger partial charge in [0.2, 0.25) is 10.0 Å². The molecule has 0 saturated heterocycles. The third-order valence-electron chi connectivity index (χ3n) is 2.73. The van der Waals surface area contributed by atoms with E-state index in [-0.39, 0.29) is 4.90 Å². The summed E-state index contributed by atoms with van der Waals surface area (Å²) in [4.78, 5) is 11.0. The minimum absolute atomic E-state index is 0.0697. The largest absolute Gasteiger partial charge is 0.481 e. The van der Waals surface area contributed by atoms with Gasteiger partial charge in [-0.25, -0.2) is 17.2 Å². The van der Waals surface area contributed by atoms with Crippen LogP contribution in [0.2, 0.25) is 0 Å². The first kappa shape index (κ1) is 17.0. The Balaban J connectivity index is 3.20. The second-order valence-corrected chi connectivity index (χ2v) is 7.40. The van der Waals surface area contributed by atoms with E-state index in [4.69, 9.17) is 5.11 Å². The summed E-state index contributed by atoms with van der Waals surface area (Å²) < 4.78 is 52.3. The van der Waals surface area contributed by atoms with Crippen molar-refractivity contribution >= 4 is 27.3 Å². The van der Waals surface area contributed by atoms with E-state index in [0.717, 1.165) is 6.92 Å². The molecule has 0 spiro atoms. The van der Waals surface area contributed by atoms with E-state index >= 15 is 0 Å². The molecule has 2 N–H and O–H groups in total. The van der Waals surface area contributed by atoms with Crippen molar-refractivity contribution < 1.29 is 27.1 Å². The van der Waals surface area contributed by atoms with Crippen LogP contribution in [0.3, 0.4) is 0 Å². The number of carboxylic acid groups (broad SMARTS) is 1. The molecular formula is C11H15F2NO4S2. The van der Waals surface area contributed by atoms with Gasteiger partial charge in [0, 0.05) is 4.88 Å². The van der Waals surface area contributed by atoms with E-state index in [1.165, 1.54) is 11.3 Å². The van der Waals surface area contributed by atoms with Crippen molar-refractivity contribution in [2.75, 3.05) is 0 Å². The molecule has 1 atom stereocenters. The lowest BCUT2D eigenvalue weighted by atomic mass is 10.0. The zero-order chi connectivity index (χ0) is 15.7. The Bertz CT molecular complexity index is 592. The van der Waals surface area contributed by atoms with E-state index in [1.807, 2.05) is 4.72 Å². The Morgan fingerprint density at radius 3 is 2.40 bits per heavy atom. The number of carboxylic acids is 1. The van der Waals surface area contributed by atoms with Crippen LogP contribution in [0.4, 0.5) is 8.78 Å². The molecule has 0 fully saturated rings. The molecule has 0 bridgehead atoms. The van der Waals surface area contributed by atoms with Crippen LogP contribution >= 0.6 is 11.3 Å². The van der Waals surface area contributed by atoms with Crippen molar-refractivity contribution in [1.29, 1.82) is 0 Å². The molecule has 1 unspecified atom stereocenters. The van der Waals surface area contributed by atoms with Crippen LogP contribution in [0.25, 0.3) is 0 Å². The molecule has 9 heteroatoms. The first-order valence-corrected chi connectivity index (χ1v) is 7.94. The maximum atomic E-state index is 13.0. The third kappa shape index (κ3) is 3.53. The van der Waals surface area contributed by atoms with E-state index < -0.39 is 34.4 Å². The zero-order valence-electron chi connectivity index (χ0n) is 11.1. The highest BCUT2D eigenvalue weighted by Crippen LogP contribution is 2.29. The number of aliphatic carboxylic acids is 1. The monoisotopic (exact) mass is 327 g/mol. The molecule has 0 saturated carbocycles. The molecule has 0 radical (unpaired) electrons. The van der Waals surface area contributed by atoms with E-state index in [1.54, 1.807) is 19.2 Å². The van der Waals surface area contributed by atoms with Gasteiger partial charge in [-0.05, 0) is 31.7 Å². The average Bonchev–Trinajstić information content (AvgIpc) is 2.56. The summed E-state index contributed by atoms with van der Waals surface area (Å²) in [6.07, 6.45) is -4.15. The molecule has 0 aliphatic carbocycles. The van der Waals surface area contributed by atoms with Crippen molar-refractivity contribution in [1.82, 2.24) is 4.72 Å². The minimum atomic E-state index is -4.21. The number of hydrogen-bond acceptors (Lipinski definition) is 4. The highest BCUT2D eigenvalue weighted by atomic mass is 32.2. The topological polar surface area (TPSA) is 83.5 Å². The molecule has 1 rings (SSSR count). The summed E-state index contributed by atoms with van der Waals surface area (Å²) in [5.74, 6) is -1.51. The summed E-state index contributed by atoms with van der Waals surface area (Å²) in [5.41, 5.74) is -1.92. The quantitative estimate of drug-likeness (QED) is 0.838. The predicted octanol–water partition coefficient (Wildman–Crippen LogP) is 2.14. The van der Waals surface area contributed by atoms with Crippen molar-refractivity contribution in [3.8, 4) is 0 Å². The lowest BCUT2D eigenvalue weighted by Gasteiger charge is -2.28. The molecule has 0 aliphatic rings. The van der Waals surface area contributed by atoms with Gasteiger partial charge in [0.15, 0.2) is 0 Å². The van der Waals surface area contributed by atoms with Crippen LogP contribution in [-0.2, 0) is 14.8 Å². The van der Waals surface area contributed by atoms with Crippen LogP contribution in [0, 0.1) is 13.8 Å². The lowest BCUT2D eigenvalue weighted by molar-refractivity contribution is -0.140. The molecule has 0 aliphatic heterocycles. The van der Waals surface area contributed by atoms with E-state index in [2.05, 4.69) is 0 Å². The molecule has 1 heterocycles. The summed E-state index contributed by atoms with van der Waals surface area (Å²) in [7, 11) is -4.21. The summed E-state index contributed by atoms with van der Waals surface area (Å²) in [6, 6.07) is 0. The van der Waals surface area contributed by atoms with Crippen molar-refractivity contribution in [3.05, 3.63) is 15.8 Å². The number of rotatable bonds is 6. The molecule has 0 amide bonds. The Kier molecular flexibility index (Phi) is 4.88. The molecule has 0 aromatic carbocycles. The second-order valence-electron chi connectivity index (χ2n) is 4.70. The number of hydrogen-bond donors (Lipinski definition) is 2. The van der Waals surface area contributed by atoms with Crippen LogP contribution < -0.4 is 4.72 Å². The van der Waals surface area contributed by atoms with Gasteiger partial charge in [-0.2, -0.15) is 4.72 Å². The zero-order valence-corrected chi connectivity index (χ0v) is 12.7. The van der Waals surface area contributed by atoms with Crippen molar-refractivity contribution in [3.63, 3.8) is 0 Å². The van der Waals surface area contributed by atoms with Gasteiger partial charge >= 0.3 is 5.97 Å². The van der Waals surface area contributed by atoms with Crippen LogP contribution in [0.1, 0.15) is 23.8 Å². The number of carbonyl (C=O) groups is 1. The fraction of sp³-hybridized carbons (Fsp3) is 0.545. The summed E-state index contributed by atoms with van der Waals surface area (Å²) in [6.45, 7) is 3.98. The number of thiophene rings is 1. The summed E-state index contributed by atoms with van der Waals surface area (Å²) >= 11 is 1.18. The SMILES string of the molecule is Cc1csc(C)c1S(=O)(=O)NC(C)(CC(=O)O)C(F)F. The second kappa shape index (κ2) is 5.74. The van der Waals surface area contributed by atoms with Gasteiger partial charge in [0.25, 0.3) is 6.43 Å². The standard InChI is InChI=1S/C11H15F2NO4S2/c1-6-5-19-7(2)9(6)20(17,18)14-11(3,10(12)13)4-8(15)16/h5,10,14H,4H2,1-3H3,(H,15,16). The third-order valence-corrected chi connectivity index (χ3v) is 5.79. The predicted molar refractivity (Wildman–Crippen MR) is 70.8 cm³/mol. The number of sulfonamides is 1. The average molecular weight is 327 g/mol. The Hall–Kier alpha value is -1.06. The van der Waals surface area contributed by atoms with Gasteiger partial charge in [0.05, 0.1) is 11.3 Å². The van der Waals surface area contributed by atoms with Gasteiger partial charge < -0.3 is 5.11 Å². The normalized spacial score (nSPS) is 15.3. The molecule has 5 nitrogen and oxygen atoms in total. The van der Waals surface area contributed by atoms with Crippen LogP contribution in [0.5, 0.6) is 0 Å². The highest BCUT2D eigenvalue weighted by Gasteiger charge is 2.42. The van der Waals surface area contributed by atoms with Gasteiger partial charge in [0.1, 0.15) is 5.54 Å². The highest BCUT2D eigenvalue weighted by molar-refractivity contribution is 7.89. The van der Waals surface area contributed by atoms with E-state index in [9.17, 15) is 22.0 Å². The number of nitrogens with one attached hydrogen (secondary N) is 1. The van der Waals surface area contributed by atoms with Crippen LogP contribution in [0.15, 0.2) is 10.3 Å². The van der Waals surface area contributed by atoms with Gasteiger partial charge in [-0.1, -0.05) is 0 Å². The molecule has 20 heavy (non-hydrogen) atoms. The number of halogens is 2. The van der Waals surface area contributed by atoms with Gasteiger partial charge in [-0.3, -0.25) is 4.79 Å². The van der Waals surface area contributed by atoms with Crippen LogP contribution in [-0.4, -0.2) is 31.5 Å². The van der Waals surface area contributed by atoms with Crippen molar-refractivity contribution in [2.45, 2.75) is 44.1 Å². The minimum Gasteiger partial charge on any atom is -0.481 e. The maximum absolute atomic E-state index is 13.0. The van der Waals surface area contributed by atoms with Crippen molar-refractivity contribution in [2.24, 2.45) is 0 Å². The smallest absolute Gasteiger partial charge is 0.305 e. The first-order chi connectivity index (χ1) is 8.99.